The second kappa shape index (κ2) is 3.15. The third-order valence-corrected chi connectivity index (χ3v) is 2.54. The largest absolute Gasteiger partial charge is 0.432 e. The summed E-state index contributed by atoms with van der Waals surface area (Å²) in [6, 6.07) is 0. The first-order valence-electron chi connectivity index (χ1n) is 4.17. The van der Waals surface area contributed by atoms with Crippen molar-refractivity contribution >= 4 is 11.6 Å². The third kappa shape index (κ3) is 1.73. The molecule has 2 nitrogen and oxygen atoms in total. The zero-order chi connectivity index (χ0) is 10.3. The monoisotopic (exact) mass is 225 g/mol. The molecule has 78 valence electrons. The Balaban J connectivity index is 2.21. The molecule has 0 saturated heterocycles. The molecule has 14 heavy (non-hydrogen) atoms. The van der Waals surface area contributed by atoms with Crippen molar-refractivity contribution in [1.82, 2.24) is 4.98 Å². The van der Waals surface area contributed by atoms with Gasteiger partial charge in [0.2, 0.25) is 0 Å². The molecule has 0 aromatic carbocycles. The average molecular weight is 226 g/mol. The van der Waals surface area contributed by atoms with Crippen LogP contribution < -0.4 is 0 Å². The Morgan fingerprint density at radius 2 is 2.14 bits per heavy atom. The number of aryl methyl sites for hydroxylation is 1. The molecule has 1 unspecified atom stereocenters. The zero-order valence-electron chi connectivity index (χ0n) is 7.07. The Bertz CT molecular complexity index is 347. The van der Waals surface area contributed by atoms with E-state index in [9.17, 15) is 13.2 Å². The van der Waals surface area contributed by atoms with Crippen LogP contribution in [0.25, 0.3) is 0 Å². The fourth-order valence-electron chi connectivity index (χ4n) is 1.63. The van der Waals surface area contributed by atoms with Gasteiger partial charge in [0.05, 0.1) is 11.6 Å². The molecule has 0 amide bonds. The maximum absolute atomic E-state index is 12.4. The van der Waals surface area contributed by atoms with Crippen molar-refractivity contribution < 1.29 is 17.6 Å². The summed E-state index contributed by atoms with van der Waals surface area (Å²) in [4.78, 5) is 3.71. The molecule has 0 radical (unpaired) electrons. The van der Waals surface area contributed by atoms with Crippen LogP contribution in [0.4, 0.5) is 13.2 Å². The van der Waals surface area contributed by atoms with E-state index >= 15 is 0 Å². The summed E-state index contributed by atoms with van der Waals surface area (Å²) >= 11 is 5.45. The maximum Gasteiger partial charge on any atom is 0.392 e. The highest BCUT2D eigenvalue weighted by molar-refractivity contribution is 6.27. The number of oxazole rings is 1. The lowest BCUT2D eigenvalue weighted by Crippen LogP contribution is -2.28. The van der Waals surface area contributed by atoms with E-state index in [1.165, 1.54) is 0 Å². The average Bonchev–Trinajstić information content (AvgIpc) is 2.41. The molecule has 6 heteroatoms. The molecule has 0 spiro atoms. The quantitative estimate of drug-likeness (QED) is 0.678. The van der Waals surface area contributed by atoms with Crippen molar-refractivity contribution in [3.63, 3.8) is 0 Å². The summed E-state index contributed by atoms with van der Waals surface area (Å²) in [6.45, 7) is 0. The van der Waals surface area contributed by atoms with E-state index in [4.69, 9.17) is 16.0 Å². The number of rotatable bonds is 0. The van der Waals surface area contributed by atoms with Crippen LogP contribution in [0.15, 0.2) is 4.42 Å². The lowest BCUT2D eigenvalue weighted by Gasteiger charge is -2.22. The van der Waals surface area contributed by atoms with E-state index in [0.717, 1.165) is 0 Å². The zero-order valence-corrected chi connectivity index (χ0v) is 7.82. The highest BCUT2D eigenvalue weighted by atomic mass is 35.5. The SMILES string of the molecule is FC(F)(F)C1CCc2oc(Cl)nc2C1. The Labute approximate surface area is 83.1 Å². The van der Waals surface area contributed by atoms with Gasteiger partial charge in [-0.3, -0.25) is 0 Å². The van der Waals surface area contributed by atoms with Gasteiger partial charge >= 0.3 is 6.18 Å². The van der Waals surface area contributed by atoms with Gasteiger partial charge in [-0.1, -0.05) is 0 Å². The van der Waals surface area contributed by atoms with Gasteiger partial charge in [0, 0.05) is 12.8 Å². The summed E-state index contributed by atoms with van der Waals surface area (Å²) in [5.74, 6) is -0.813. The van der Waals surface area contributed by atoms with E-state index in [1.54, 1.807) is 0 Å². The Morgan fingerprint density at radius 3 is 2.79 bits per heavy atom. The van der Waals surface area contributed by atoms with Gasteiger partial charge < -0.3 is 4.42 Å². The van der Waals surface area contributed by atoms with E-state index in [-0.39, 0.29) is 24.6 Å². The highest BCUT2D eigenvalue weighted by Crippen LogP contribution is 2.37. The van der Waals surface area contributed by atoms with Crippen molar-refractivity contribution in [3.8, 4) is 0 Å². The second-order valence-corrected chi connectivity index (χ2v) is 3.64. The van der Waals surface area contributed by atoms with Crippen molar-refractivity contribution in [2.45, 2.75) is 25.4 Å². The van der Waals surface area contributed by atoms with Crippen LogP contribution in [-0.2, 0) is 12.8 Å². The minimum Gasteiger partial charge on any atom is -0.432 e. The van der Waals surface area contributed by atoms with Crippen LogP contribution in [0.5, 0.6) is 0 Å². The molecular weight excluding hydrogens is 219 g/mol. The standard InChI is InChI=1S/C8H7ClF3NO/c9-7-13-5-3-4(8(10,11)12)1-2-6(5)14-7/h4H,1-3H2. The molecule has 1 heterocycles. The molecule has 0 bridgehead atoms. The maximum atomic E-state index is 12.4. The molecule has 1 atom stereocenters. The van der Waals surface area contributed by atoms with Crippen molar-refractivity contribution in [1.29, 1.82) is 0 Å². The van der Waals surface area contributed by atoms with Crippen LogP contribution in [0.2, 0.25) is 5.35 Å². The van der Waals surface area contributed by atoms with Crippen molar-refractivity contribution in [2.24, 2.45) is 5.92 Å². The molecule has 1 aliphatic rings. The normalized spacial score (nSPS) is 22.1. The summed E-state index contributed by atoms with van der Waals surface area (Å²) < 4.78 is 42.0. The summed E-state index contributed by atoms with van der Waals surface area (Å²) in [5.41, 5.74) is 0.351. The van der Waals surface area contributed by atoms with Crippen molar-refractivity contribution in [2.75, 3.05) is 0 Å². The number of aromatic nitrogens is 1. The van der Waals surface area contributed by atoms with Crippen LogP contribution in [0.1, 0.15) is 17.9 Å². The molecule has 0 fully saturated rings. The predicted molar refractivity (Wildman–Crippen MR) is 43.1 cm³/mol. The van der Waals surface area contributed by atoms with E-state index in [1.807, 2.05) is 0 Å². The summed E-state index contributed by atoms with van der Waals surface area (Å²) in [6.07, 6.45) is -3.95. The van der Waals surface area contributed by atoms with Crippen LogP contribution >= 0.6 is 11.6 Å². The molecule has 0 aliphatic heterocycles. The van der Waals surface area contributed by atoms with Crippen LogP contribution in [0.3, 0.4) is 0 Å². The Morgan fingerprint density at radius 1 is 1.43 bits per heavy atom. The lowest BCUT2D eigenvalue weighted by molar-refractivity contribution is -0.177. The van der Waals surface area contributed by atoms with Gasteiger partial charge in [0.15, 0.2) is 0 Å². The van der Waals surface area contributed by atoms with Gasteiger partial charge in [-0.15, -0.1) is 0 Å². The Hall–Kier alpha value is -0.710. The van der Waals surface area contributed by atoms with E-state index in [2.05, 4.69) is 4.98 Å². The van der Waals surface area contributed by atoms with Crippen LogP contribution in [-0.4, -0.2) is 11.2 Å². The van der Waals surface area contributed by atoms with Crippen LogP contribution in [0, 0.1) is 5.92 Å². The first-order valence-corrected chi connectivity index (χ1v) is 4.55. The fourth-order valence-corrected chi connectivity index (χ4v) is 1.82. The van der Waals surface area contributed by atoms with Gasteiger partial charge in [-0.05, 0) is 18.0 Å². The van der Waals surface area contributed by atoms with E-state index in [0.29, 0.717) is 11.5 Å². The predicted octanol–water partition coefficient (Wildman–Crippen LogP) is 3.00. The van der Waals surface area contributed by atoms with Crippen molar-refractivity contribution in [3.05, 3.63) is 16.8 Å². The first kappa shape index (κ1) is 9.83. The van der Waals surface area contributed by atoms with Gasteiger partial charge in [-0.25, -0.2) is 4.98 Å². The molecule has 2 rings (SSSR count). The minimum atomic E-state index is -4.15. The molecule has 1 aromatic rings. The molecule has 0 N–H and O–H groups in total. The molecule has 0 saturated carbocycles. The number of alkyl halides is 3. The smallest absolute Gasteiger partial charge is 0.392 e. The lowest BCUT2D eigenvalue weighted by atomic mass is 9.90. The fraction of sp³-hybridized carbons (Fsp3) is 0.625. The first-order chi connectivity index (χ1) is 6.47. The van der Waals surface area contributed by atoms with Gasteiger partial charge in [0.1, 0.15) is 5.76 Å². The number of nitrogens with zero attached hydrogens (tertiary/aromatic N) is 1. The van der Waals surface area contributed by atoms with Gasteiger partial charge in [-0.2, -0.15) is 13.2 Å². The molecule has 1 aliphatic carbocycles. The topological polar surface area (TPSA) is 26.0 Å². The third-order valence-electron chi connectivity index (χ3n) is 2.37. The number of halogens is 4. The van der Waals surface area contributed by atoms with E-state index < -0.39 is 12.1 Å². The number of hydrogen-bond acceptors (Lipinski definition) is 2. The minimum absolute atomic E-state index is 0.0576. The second-order valence-electron chi connectivity index (χ2n) is 3.32. The summed E-state index contributed by atoms with van der Waals surface area (Å²) in [5, 5.41) is -0.0715. The Kier molecular flexibility index (Phi) is 2.21. The summed E-state index contributed by atoms with van der Waals surface area (Å²) in [7, 11) is 0. The molecular formula is C8H7ClF3NO. The van der Waals surface area contributed by atoms with Gasteiger partial charge in [0.25, 0.3) is 5.35 Å². The molecule has 1 aromatic heterocycles. The highest BCUT2D eigenvalue weighted by Gasteiger charge is 2.42. The number of fused-ring (bicyclic) bond motifs is 1. The number of hydrogen-bond donors (Lipinski definition) is 0.